The van der Waals surface area contributed by atoms with Crippen LogP contribution < -0.4 is 4.74 Å². The Hall–Kier alpha value is -3.10. The molecule has 0 fully saturated rings. The van der Waals surface area contributed by atoms with Gasteiger partial charge in [-0.3, -0.25) is 0 Å². The highest BCUT2D eigenvalue weighted by Crippen LogP contribution is 2.39. The summed E-state index contributed by atoms with van der Waals surface area (Å²) < 4.78 is 36.8. The van der Waals surface area contributed by atoms with E-state index in [1.165, 1.54) is 30.2 Å². The molecule has 1 unspecified atom stereocenters. The Bertz CT molecular complexity index is 1120. The maximum absolute atomic E-state index is 14.1. The summed E-state index contributed by atoms with van der Waals surface area (Å²) in [6.45, 7) is 0.271. The molecule has 3 heterocycles. The Kier molecular flexibility index (Phi) is 4.79. The summed E-state index contributed by atoms with van der Waals surface area (Å²) in [5.41, 5.74) is 2.28. The van der Waals surface area contributed by atoms with Gasteiger partial charge >= 0.3 is 0 Å². The number of hydrogen-bond donors (Lipinski definition) is 0. The summed E-state index contributed by atoms with van der Waals surface area (Å²) in [7, 11) is 0. The molecule has 0 saturated carbocycles. The van der Waals surface area contributed by atoms with Gasteiger partial charge in [0.1, 0.15) is 11.6 Å². The van der Waals surface area contributed by atoms with E-state index in [1.54, 1.807) is 12.1 Å². The molecule has 0 radical (unpaired) electrons. The molecule has 0 N–H and O–H groups in total. The Morgan fingerprint density at radius 2 is 1.97 bits per heavy atom. The molecular formula is C21H15FN2O4S. The Balaban J connectivity index is 1.36. The first-order valence-corrected chi connectivity index (χ1v) is 9.89. The van der Waals surface area contributed by atoms with Crippen molar-refractivity contribution < 1.29 is 22.7 Å². The van der Waals surface area contributed by atoms with Crippen LogP contribution in [0.3, 0.4) is 0 Å². The maximum atomic E-state index is 14.1. The molecule has 8 heteroatoms. The molecule has 29 heavy (non-hydrogen) atoms. The minimum absolute atomic E-state index is 0.271. The average molecular weight is 410 g/mol. The first-order chi connectivity index (χ1) is 14.3. The quantitative estimate of drug-likeness (QED) is 0.410. The molecule has 2 aromatic carbocycles. The summed E-state index contributed by atoms with van der Waals surface area (Å²) in [5, 5.41) is 8.34. The molecule has 4 aromatic rings. The monoisotopic (exact) mass is 410 g/mol. The Morgan fingerprint density at radius 1 is 1.07 bits per heavy atom. The van der Waals surface area contributed by atoms with Crippen LogP contribution in [-0.2, 0) is 17.1 Å². The second kappa shape index (κ2) is 7.73. The summed E-state index contributed by atoms with van der Waals surface area (Å²) in [6.07, 6.45) is 1.00. The zero-order chi connectivity index (χ0) is 19.6. The molecule has 1 atom stereocenters. The molecule has 1 aliphatic rings. The number of nitrogens with zero attached hydrogens (tertiary/aromatic N) is 2. The van der Waals surface area contributed by atoms with Gasteiger partial charge in [0.25, 0.3) is 11.1 Å². The molecule has 6 nitrogen and oxygen atoms in total. The van der Waals surface area contributed by atoms with Gasteiger partial charge in [-0.05, 0) is 24.3 Å². The first-order valence-electron chi connectivity index (χ1n) is 8.91. The number of rotatable bonds is 5. The number of ether oxygens (including phenoxy) is 2. The van der Waals surface area contributed by atoms with E-state index in [4.69, 9.17) is 18.3 Å². The van der Waals surface area contributed by atoms with Gasteiger partial charge in [0.2, 0.25) is 6.29 Å². The number of benzene rings is 2. The van der Waals surface area contributed by atoms with E-state index >= 15 is 0 Å². The Morgan fingerprint density at radius 3 is 2.79 bits per heavy atom. The van der Waals surface area contributed by atoms with Crippen LogP contribution in [0.5, 0.6) is 5.75 Å². The van der Waals surface area contributed by atoms with E-state index in [0.717, 1.165) is 5.56 Å². The van der Waals surface area contributed by atoms with Gasteiger partial charge in [0, 0.05) is 22.4 Å². The average Bonchev–Trinajstić information content (AvgIpc) is 3.44. The lowest BCUT2D eigenvalue weighted by Crippen LogP contribution is -2.19. The zero-order valence-corrected chi connectivity index (χ0v) is 15.9. The van der Waals surface area contributed by atoms with Gasteiger partial charge in [-0.1, -0.05) is 42.1 Å². The number of thioether (sulfide) groups is 1. The number of hydrogen-bond acceptors (Lipinski definition) is 7. The van der Waals surface area contributed by atoms with E-state index in [2.05, 4.69) is 10.2 Å². The molecule has 0 amide bonds. The van der Waals surface area contributed by atoms with Gasteiger partial charge in [-0.25, -0.2) is 4.39 Å². The van der Waals surface area contributed by atoms with Crippen LogP contribution in [0, 0.1) is 5.82 Å². The molecule has 146 valence electrons. The van der Waals surface area contributed by atoms with Crippen LogP contribution >= 0.6 is 11.8 Å². The maximum Gasteiger partial charge on any atom is 0.284 e. The van der Waals surface area contributed by atoms with Crippen LogP contribution in [0.15, 0.2) is 74.9 Å². The van der Waals surface area contributed by atoms with Gasteiger partial charge in [0.05, 0.1) is 12.9 Å². The lowest BCUT2D eigenvalue weighted by molar-refractivity contribution is -0.112. The van der Waals surface area contributed by atoms with E-state index in [-0.39, 0.29) is 12.4 Å². The van der Waals surface area contributed by atoms with E-state index in [0.29, 0.717) is 39.5 Å². The summed E-state index contributed by atoms with van der Waals surface area (Å²) in [6, 6.07) is 16.0. The zero-order valence-electron chi connectivity index (χ0n) is 15.1. The fraction of sp³-hybridized carbons (Fsp3) is 0.143. The topological polar surface area (TPSA) is 70.5 Å². The van der Waals surface area contributed by atoms with Crippen LogP contribution in [-0.4, -0.2) is 10.2 Å². The van der Waals surface area contributed by atoms with Crippen molar-refractivity contribution in [1.82, 2.24) is 10.2 Å². The van der Waals surface area contributed by atoms with Crippen LogP contribution in [0.4, 0.5) is 4.39 Å². The molecule has 0 saturated heterocycles. The predicted octanol–water partition coefficient (Wildman–Crippen LogP) is 5.37. The Labute approximate surface area is 169 Å². The van der Waals surface area contributed by atoms with Gasteiger partial charge < -0.3 is 18.3 Å². The van der Waals surface area contributed by atoms with Crippen molar-refractivity contribution in [2.75, 3.05) is 0 Å². The van der Waals surface area contributed by atoms with Crippen molar-refractivity contribution in [3.63, 3.8) is 0 Å². The molecule has 0 aliphatic carbocycles. The van der Waals surface area contributed by atoms with Gasteiger partial charge in [-0.15, -0.1) is 10.2 Å². The van der Waals surface area contributed by atoms with Crippen molar-refractivity contribution in [3.8, 4) is 17.4 Å². The van der Waals surface area contributed by atoms with E-state index in [9.17, 15) is 4.39 Å². The second-order valence-corrected chi connectivity index (χ2v) is 7.29. The third kappa shape index (κ3) is 3.76. The SMILES string of the molecule is Fc1cc2c(c(CSc3nnc(-c4ccco4)o3)c1)OC(c1ccccc1)OC2. The highest BCUT2D eigenvalue weighted by atomic mass is 32.2. The fourth-order valence-electron chi connectivity index (χ4n) is 3.07. The predicted molar refractivity (Wildman–Crippen MR) is 103 cm³/mol. The second-order valence-electron chi connectivity index (χ2n) is 6.36. The summed E-state index contributed by atoms with van der Waals surface area (Å²) in [4.78, 5) is 0. The fourth-order valence-corrected chi connectivity index (χ4v) is 3.80. The highest BCUT2D eigenvalue weighted by Gasteiger charge is 2.25. The third-order valence-corrected chi connectivity index (χ3v) is 5.25. The molecule has 0 bridgehead atoms. The minimum Gasteiger partial charge on any atom is -0.460 e. The van der Waals surface area contributed by atoms with Crippen molar-refractivity contribution in [3.05, 3.63) is 83.4 Å². The smallest absolute Gasteiger partial charge is 0.284 e. The van der Waals surface area contributed by atoms with E-state index in [1.807, 2.05) is 30.3 Å². The van der Waals surface area contributed by atoms with Crippen molar-refractivity contribution in [2.24, 2.45) is 0 Å². The van der Waals surface area contributed by atoms with Crippen LogP contribution in [0.25, 0.3) is 11.7 Å². The van der Waals surface area contributed by atoms with Gasteiger partial charge in [0.15, 0.2) is 5.76 Å². The molecular weight excluding hydrogens is 395 g/mol. The van der Waals surface area contributed by atoms with Gasteiger partial charge in [-0.2, -0.15) is 0 Å². The summed E-state index contributed by atoms with van der Waals surface area (Å²) >= 11 is 1.30. The third-order valence-electron chi connectivity index (χ3n) is 4.38. The van der Waals surface area contributed by atoms with Crippen LogP contribution in [0.2, 0.25) is 0 Å². The number of aromatic nitrogens is 2. The molecule has 0 spiro atoms. The minimum atomic E-state index is -0.535. The van der Waals surface area contributed by atoms with E-state index < -0.39 is 6.29 Å². The van der Waals surface area contributed by atoms with Crippen LogP contribution in [0.1, 0.15) is 23.0 Å². The number of furan rings is 1. The van der Waals surface area contributed by atoms with Crippen molar-refractivity contribution >= 4 is 11.8 Å². The number of halogens is 1. The normalized spacial score (nSPS) is 15.7. The van der Waals surface area contributed by atoms with Crippen molar-refractivity contribution in [1.29, 1.82) is 0 Å². The van der Waals surface area contributed by atoms with Crippen molar-refractivity contribution in [2.45, 2.75) is 23.9 Å². The summed E-state index contributed by atoms with van der Waals surface area (Å²) in [5.74, 6) is 1.49. The molecule has 5 rings (SSSR count). The number of fused-ring (bicyclic) bond motifs is 1. The first kappa shape index (κ1) is 18.0. The highest BCUT2D eigenvalue weighted by molar-refractivity contribution is 7.98. The lowest BCUT2D eigenvalue weighted by atomic mass is 10.1. The molecule has 2 aromatic heterocycles. The standard InChI is InChI=1S/C21H15FN2O4S/c22-16-9-14-11-26-20(13-5-2-1-3-6-13)27-18(14)15(10-16)12-29-21-24-23-19(28-21)17-7-4-8-25-17/h1-10,20H,11-12H2. The molecule has 1 aliphatic heterocycles. The largest absolute Gasteiger partial charge is 0.460 e. The lowest BCUT2D eigenvalue weighted by Gasteiger charge is -2.28.